The number of carbonyl (C=O) groups is 1. The number of benzene rings is 1. The third-order valence-electron chi connectivity index (χ3n) is 2.73. The SMILES string of the molecule is C=C(c1cccc(C(=O)OC)c1)c1cc(N)ccn1. The quantitative estimate of drug-likeness (QED) is 0.855. The zero-order chi connectivity index (χ0) is 13.8. The Kier molecular flexibility index (Phi) is 3.61. The van der Waals surface area contributed by atoms with Crippen molar-refractivity contribution in [3.63, 3.8) is 0 Å². The van der Waals surface area contributed by atoms with Gasteiger partial charge in [0, 0.05) is 17.5 Å². The summed E-state index contributed by atoms with van der Waals surface area (Å²) in [5.41, 5.74) is 9.01. The third-order valence-corrected chi connectivity index (χ3v) is 2.73. The van der Waals surface area contributed by atoms with E-state index >= 15 is 0 Å². The maximum Gasteiger partial charge on any atom is 0.337 e. The van der Waals surface area contributed by atoms with Crippen LogP contribution in [0.5, 0.6) is 0 Å². The summed E-state index contributed by atoms with van der Waals surface area (Å²) in [4.78, 5) is 15.7. The Morgan fingerprint density at radius 1 is 1.26 bits per heavy atom. The van der Waals surface area contributed by atoms with Gasteiger partial charge in [0.25, 0.3) is 0 Å². The number of aromatic nitrogens is 1. The molecule has 0 radical (unpaired) electrons. The maximum atomic E-state index is 11.5. The number of rotatable bonds is 3. The van der Waals surface area contributed by atoms with E-state index in [1.165, 1.54) is 7.11 Å². The van der Waals surface area contributed by atoms with E-state index in [1.54, 1.807) is 36.5 Å². The number of hydrogen-bond acceptors (Lipinski definition) is 4. The first-order chi connectivity index (χ1) is 9.11. The van der Waals surface area contributed by atoms with Gasteiger partial charge in [-0.1, -0.05) is 18.7 Å². The summed E-state index contributed by atoms with van der Waals surface area (Å²) < 4.78 is 4.69. The van der Waals surface area contributed by atoms with Gasteiger partial charge in [-0.2, -0.15) is 0 Å². The van der Waals surface area contributed by atoms with Crippen LogP contribution in [0.1, 0.15) is 21.6 Å². The molecule has 0 bridgehead atoms. The third kappa shape index (κ3) is 2.80. The Morgan fingerprint density at radius 3 is 2.68 bits per heavy atom. The molecule has 0 spiro atoms. The molecular formula is C15H14N2O2. The molecule has 0 aliphatic heterocycles. The van der Waals surface area contributed by atoms with Gasteiger partial charge in [0.15, 0.2) is 0 Å². The molecule has 0 amide bonds. The number of ether oxygens (including phenoxy) is 1. The summed E-state index contributed by atoms with van der Waals surface area (Å²) in [5.74, 6) is -0.379. The lowest BCUT2D eigenvalue weighted by molar-refractivity contribution is 0.0600. The molecule has 0 aliphatic carbocycles. The molecule has 0 saturated carbocycles. The molecule has 1 aromatic heterocycles. The van der Waals surface area contributed by atoms with Crippen molar-refractivity contribution in [3.8, 4) is 0 Å². The second kappa shape index (κ2) is 5.35. The van der Waals surface area contributed by atoms with Crippen molar-refractivity contribution in [3.05, 3.63) is 66.0 Å². The van der Waals surface area contributed by atoms with Crippen LogP contribution in [-0.2, 0) is 4.74 Å². The number of hydrogen-bond donors (Lipinski definition) is 1. The normalized spacial score (nSPS) is 9.95. The average Bonchev–Trinajstić information content (AvgIpc) is 2.45. The summed E-state index contributed by atoms with van der Waals surface area (Å²) in [6, 6.07) is 10.5. The molecule has 4 heteroatoms. The summed E-state index contributed by atoms with van der Waals surface area (Å²) in [6.45, 7) is 3.99. The Hall–Kier alpha value is -2.62. The minimum atomic E-state index is -0.379. The van der Waals surface area contributed by atoms with Gasteiger partial charge in [-0.25, -0.2) is 4.79 Å². The number of methoxy groups -OCH3 is 1. The number of pyridine rings is 1. The van der Waals surface area contributed by atoms with E-state index in [9.17, 15) is 4.79 Å². The molecule has 1 heterocycles. The molecular weight excluding hydrogens is 240 g/mol. The van der Waals surface area contributed by atoms with Crippen molar-refractivity contribution in [1.29, 1.82) is 0 Å². The topological polar surface area (TPSA) is 65.2 Å². The highest BCUT2D eigenvalue weighted by molar-refractivity contribution is 5.91. The molecule has 1 aromatic carbocycles. The largest absolute Gasteiger partial charge is 0.465 e. The number of nitrogen functional groups attached to an aromatic ring is 1. The van der Waals surface area contributed by atoms with Gasteiger partial charge in [-0.05, 0) is 29.8 Å². The number of carbonyl (C=O) groups excluding carboxylic acids is 1. The predicted octanol–water partition coefficient (Wildman–Crippen LogP) is 2.51. The Bertz CT molecular complexity index is 636. The molecule has 2 aromatic rings. The Morgan fingerprint density at radius 2 is 2.00 bits per heavy atom. The smallest absolute Gasteiger partial charge is 0.337 e. The van der Waals surface area contributed by atoms with Gasteiger partial charge in [0.1, 0.15) is 0 Å². The fourth-order valence-corrected chi connectivity index (χ4v) is 1.71. The summed E-state index contributed by atoms with van der Waals surface area (Å²) >= 11 is 0. The number of anilines is 1. The van der Waals surface area contributed by atoms with Crippen molar-refractivity contribution < 1.29 is 9.53 Å². The molecule has 0 saturated heterocycles. The van der Waals surface area contributed by atoms with E-state index in [0.29, 0.717) is 22.5 Å². The number of esters is 1. The van der Waals surface area contributed by atoms with Crippen LogP contribution in [0.15, 0.2) is 49.2 Å². The zero-order valence-corrected chi connectivity index (χ0v) is 10.6. The molecule has 19 heavy (non-hydrogen) atoms. The summed E-state index contributed by atoms with van der Waals surface area (Å²) in [7, 11) is 1.35. The van der Waals surface area contributed by atoms with Gasteiger partial charge in [0.2, 0.25) is 0 Å². The van der Waals surface area contributed by atoms with Crippen LogP contribution in [0.25, 0.3) is 5.57 Å². The van der Waals surface area contributed by atoms with Gasteiger partial charge in [-0.3, -0.25) is 4.98 Å². The number of nitrogens with two attached hydrogens (primary N) is 1. The minimum Gasteiger partial charge on any atom is -0.465 e. The monoisotopic (exact) mass is 254 g/mol. The molecule has 96 valence electrons. The van der Waals surface area contributed by atoms with Gasteiger partial charge >= 0.3 is 5.97 Å². The lowest BCUT2D eigenvalue weighted by atomic mass is 10.0. The molecule has 0 fully saturated rings. The standard InChI is InChI=1S/C15H14N2O2/c1-10(14-9-13(16)6-7-17-14)11-4-3-5-12(8-11)15(18)19-2/h3-9H,1H2,2H3,(H2,16,17). The highest BCUT2D eigenvalue weighted by atomic mass is 16.5. The van der Waals surface area contributed by atoms with Crippen molar-refractivity contribution in [2.75, 3.05) is 12.8 Å². The minimum absolute atomic E-state index is 0.379. The van der Waals surface area contributed by atoms with Crippen LogP contribution in [0, 0.1) is 0 Å². The van der Waals surface area contributed by atoms with Gasteiger partial charge in [-0.15, -0.1) is 0 Å². The number of nitrogens with zero attached hydrogens (tertiary/aromatic N) is 1. The lowest BCUT2D eigenvalue weighted by Gasteiger charge is -2.07. The van der Waals surface area contributed by atoms with Gasteiger partial charge < -0.3 is 10.5 Å². The Balaban J connectivity index is 2.37. The molecule has 0 atom stereocenters. The van der Waals surface area contributed by atoms with E-state index < -0.39 is 0 Å². The van der Waals surface area contributed by atoms with Crippen molar-refractivity contribution in [1.82, 2.24) is 4.98 Å². The lowest BCUT2D eigenvalue weighted by Crippen LogP contribution is -2.02. The van der Waals surface area contributed by atoms with Crippen LogP contribution in [0.3, 0.4) is 0 Å². The predicted molar refractivity (Wildman–Crippen MR) is 74.6 cm³/mol. The Labute approximate surface area is 111 Å². The van der Waals surface area contributed by atoms with E-state index in [2.05, 4.69) is 11.6 Å². The second-order valence-electron chi connectivity index (χ2n) is 4.03. The molecule has 2 rings (SSSR count). The average molecular weight is 254 g/mol. The first-order valence-electron chi connectivity index (χ1n) is 5.71. The highest BCUT2D eigenvalue weighted by Crippen LogP contribution is 2.22. The molecule has 0 aliphatic rings. The molecule has 2 N–H and O–H groups in total. The first-order valence-corrected chi connectivity index (χ1v) is 5.71. The van der Waals surface area contributed by atoms with Crippen molar-refractivity contribution in [2.24, 2.45) is 0 Å². The highest BCUT2D eigenvalue weighted by Gasteiger charge is 2.09. The van der Waals surface area contributed by atoms with Gasteiger partial charge in [0.05, 0.1) is 18.4 Å². The van der Waals surface area contributed by atoms with Crippen LogP contribution in [0.4, 0.5) is 5.69 Å². The van der Waals surface area contributed by atoms with Crippen molar-refractivity contribution >= 4 is 17.2 Å². The van der Waals surface area contributed by atoms with Crippen LogP contribution in [-0.4, -0.2) is 18.1 Å². The first kappa shape index (κ1) is 12.8. The fraction of sp³-hybridized carbons (Fsp3) is 0.0667. The van der Waals surface area contributed by atoms with E-state index in [1.807, 2.05) is 6.07 Å². The van der Waals surface area contributed by atoms with E-state index in [0.717, 1.165) is 5.56 Å². The van der Waals surface area contributed by atoms with Crippen LogP contribution >= 0.6 is 0 Å². The van der Waals surface area contributed by atoms with E-state index in [4.69, 9.17) is 10.5 Å². The molecule has 4 nitrogen and oxygen atoms in total. The second-order valence-corrected chi connectivity index (χ2v) is 4.03. The van der Waals surface area contributed by atoms with Crippen LogP contribution in [0.2, 0.25) is 0 Å². The van der Waals surface area contributed by atoms with Crippen LogP contribution < -0.4 is 5.73 Å². The summed E-state index contributed by atoms with van der Waals surface area (Å²) in [6.07, 6.45) is 1.63. The molecule has 0 unspecified atom stereocenters. The maximum absolute atomic E-state index is 11.5. The zero-order valence-electron chi connectivity index (χ0n) is 10.6. The van der Waals surface area contributed by atoms with E-state index in [-0.39, 0.29) is 5.97 Å². The summed E-state index contributed by atoms with van der Waals surface area (Å²) in [5, 5.41) is 0. The van der Waals surface area contributed by atoms with Crippen molar-refractivity contribution in [2.45, 2.75) is 0 Å². The fourth-order valence-electron chi connectivity index (χ4n) is 1.71.